The van der Waals surface area contributed by atoms with Crippen LogP contribution in [0.5, 0.6) is 0 Å². The summed E-state index contributed by atoms with van der Waals surface area (Å²) in [6.45, 7) is 0.322. The first-order chi connectivity index (χ1) is 19.0. The van der Waals surface area contributed by atoms with E-state index in [4.69, 9.17) is 21.9 Å². The molecular formula is C25H38ClN7O8. The van der Waals surface area contributed by atoms with Crippen LogP contribution in [0.1, 0.15) is 37.7 Å². The van der Waals surface area contributed by atoms with E-state index in [-0.39, 0.29) is 63.9 Å². The van der Waals surface area contributed by atoms with Crippen LogP contribution in [0.4, 0.5) is 0 Å². The Bertz CT molecular complexity index is 1070. The molecule has 0 unspecified atom stereocenters. The van der Waals surface area contributed by atoms with Gasteiger partial charge in [0.1, 0.15) is 24.2 Å². The van der Waals surface area contributed by atoms with Gasteiger partial charge in [-0.3, -0.25) is 24.2 Å². The number of benzene rings is 1. The smallest absolute Gasteiger partial charge is 0.326 e. The number of hydrogen-bond donors (Lipinski definition) is 7. The summed E-state index contributed by atoms with van der Waals surface area (Å²) in [7, 11) is 0. The van der Waals surface area contributed by atoms with Gasteiger partial charge in [-0.15, -0.1) is 12.4 Å². The quantitative estimate of drug-likeness (QED) is 0.0655. The number of aliphatic carboxylic acids is 2. The summed E-state index contributed by atoms with van der Waals surface area (Å²) in [5.74, 6) is -5.04. The minimum absolute atomic E-state index is 0. The highest BCUT2D eigenvalue weighted by molar-refractivity contribution is 5.96. The van der Waals surface area contributed by atoms with Crippen molar-refractivity contribution in [3.8, 4) is 0 Å². The molecule has 41 heavy (non-hydrogen) atoms. The minimum atomic E-state index is -1.49. The Labute approximate surface area is 243 Å². The second-order valence-electron chi connectivity index (χ2n) is 9.30. The van der Waals surface area contributed by atoms with Crippen LogP contribution in [0.15, 0.2) is 35.3 Å². The number of carboxylic acid groups (broad SMARTS) is 2. The summed E-state index contributed by atoms with van der Waals surface area (Å²) in [6, 6.07) is 4.22. The Balaban J connectivity index is 0.00000840. The average molecular weight is 600 g/mol. The van der Waals surface area contributed by atoms with Gasteiger partial charge in [-0.05, 0) is 31.2 Å². The van der Waals surface area contributed by atoms with E-state index in [2.05, 4.69) is 15.6 Å². The van der Waals surface area contributed by atoms with E-state index in [0.29, 0.717) is 6.42 Å². The van der Waals surface area contributed by atoms with Crippen molar-refractivity contribution < 1.29 is 38.9 Å². The fraction of sp³-hybridized carbons (Fsp3) is 0.520. The van der Waals surface area contributed by atoms with Crippen LogP contribution >= 0.6 is 12.4 Å². The number of nitrogens with two attached hydrogens (primary N) is 3. The summed E-state index contributed by atoms with van der Waals surface area (Å²) in [4.78, 5) is 66.9. The first kappa shape index (κ1) is 35.1. The fourth-order valence-electron chi connectivity index (χ4n) is 4.14. The highest BCUT2D eigenvalue weighted by Gasteiger charge is 2.39. The number of likely N-dealkylation sites (tertiary alicyclic amines) is 1. The lowest BCUT2D eigenvalue weighted by Gasteiger charge is -2.29. The predicted molar refractivity (Wildman–Crippen MR) is 150 cm³/mol. The number of carboxylic acids is 2. The molecule has 15 nitrogen and oxygen atoms in total. The van der Waals surface area contributed by atoms with Crippen molar-refractivity contribution in [2.75, 3.05) is 19.7 Å². The van der Waals surface area contributed by atoms with Crippen LogP contribution < -0.4 is 27.8 Å². The molecule has 2 rings (SSSR count). The monoisotopic (exact) mass is 599 g/mol. The van der Waals surface area contributed by atoms with Gasteiger partial charge in [0.2, 0.25) is 17.7 Å². The number of carbonyl (C=O) groups excluding carboxylic acids is 3. The zero-order valence-corrected chi connectivity index (χ0v) is 23.3. The number of nitrogens with zero attached hydrogens (tertiary/aromatic N) is 2. The van der Waals surface area contributed by atoms with E-state index in [1.807, 2.05) is 30.3 Å². The van der Waals surface area contributed by atoms with E-state index in [1.165, 1.54) is 0 Å². The number of hydrogen-bond acceptors (Lipinski definition) is 8. The van der Waals surface area contributed by atoms with Gasteiger partial charge >= 0.3 is 11.9 Å². The Hall–Kier alpha value is -3.95. The summed E-state index contributed by atoms with van der Waals surface area (Å²) in [6.07, 6.45) is 0.242. The van der Waals surface area contributed by atoms with Gasteiger partial charge in [-0.25, -0.2) is 4.79 Å². The maximum absolute atomic E-state index is 13.3. The standard InChI is InChI=1S/C25H37N7O8.ClH/c26-16(14-40-13-15-6-2-1-3-7-15)21(35)31-18(12-20(33)34)23(37)32-11-5-9-19(32)22(36)30-17(24(38)39)8-4-10-29-25(27)28;/h1-3,6-7,16-19H,4-5,8-14,26H2,(H,30,36)(H,31,35)(H,33,34)(H,38,39)(H4,27,28,29);1H/t16-,17-,18-,19-;/m0./s1. The maximum Gasteiger partial charge on any atom is 0.326 e. The number of carbonyl (C=O) groups is 5. The number of aliphatic imine (C=N–C) groups is 1. The molecule has 0 aromatic heterocycles. The molecule has 4 atom stereocenters. The SMILES string of the molecule is Cl.NC(N)=NCCC[C@H](NC(=O)[C@@H]1CCCN1C(=O)[C@H](CC(=O)O)NC(=O)[C@@H](N)COCc1ccccc1)C(=O)O. The van der Waals surface area contributed by atoms with E-state index >= 15 is 0 Å². The number of ether oxygens (including phenoxy) is 1. The summed E-state index contributed by atoms with van der Waals surface area (Å²) in [5, 5.41) is 23.6. The van der Waals surface area contributed by atoms with Gasteiger partial charge in [-0.1, -0.05) is 30.3 Å². The van der Waals surface area contributed by atoms with Gasteiger partial charge < -0.3 is 47.7 Å². The molecule has 0 radical (unpaired) electrons. The molecule has 228 valence electrons. The second kappa shape index (κ2) is 17.7. The lowest BCUT2D eigenvalue weighted by molar-refractivity contribution is -0.147. The molecule has 16 heteroatoms. The summed E-state index contributed by atoms with van der Waals surface area (Å²) < 4.78 is 5.46. The minimum Gasteiger partial charge on any atom is -0.481 e. The molecular weight excluding hydrogens is 562 g/mol. The number of amides is 3. The van der Waals surface area contributed by atoms with E-state index in [1.54, 1.807) is 0 Å². The number of guanidine groups is 1. The average Bonchev–Trinajstić information content (AvgIpc) is 3.39. The Kier molecular flexibility index (Phi) is 15.1. The first-order valence-electron chi connectivity index (χ1n) is 12.8. The third-order valence-corrected chi connectivity index (χ3v) is 6.14. The zero-order chi connectivity index (χ0) is 29.7. The summed E-state index contributed by atoms with van der Waals surface area (Å²) >= 11 is 0. The molecule has 1 saturated heterocycles. The zero-order valence-electron chi connectivity index (χ0n) is 22.4. The first-order valence-corrected chi connectivity index (χ1v) is 12.8. The third kappa shape index (κ3) is 12.0. The van der Waals surface area contributed by atoms with Crippen LogP contribution in [0, 0.1) is 0 Å². The molecule has 1 aliphatic rings. The molecule has 0 saturated carbocycles. The molecule has 1 aromatic rings. The van der Waals surface area contributed by atoms with Crippen molar-refractivity contribution in [3.05, 3.63) is 35.9 Å². The van der Waals surface area contributed by atoms with E-state index < -0.39 is 60.2 Å². The largest absolute Gasteiger partial charge is 0.481 e. The maximum atomic E-state index is 13.3. The van der Waals surface area contributed by atoms with E-state index in [9.17, 15) is 34.2 Å². The Morgan fingerprint density at radius 1 is 1.07 bits per heavy atom. The number of nitrogens with one attached hydrogen (secondary N) is 2. The highest BCUT2D eigenvalue weighted by atomic mass is 35.5. The molecule has 1 aliphatic heterocycles. The van der Waals surface area contributed by atoms with Crippen LogP contribution in [0.3, 0.4) is 0 Å². The molecule has 0 aliphatic carbocycles. The van der Waals surface area contributed by atoms with Gasteiger partial charge in [0, 0.05) is 13.1 Å². The van der Waals surface area contributed by atoms with Crippen molar-refractivity contribution in [1.29, 1.82) is 0 Å². The number of rotatable bonds is 16. The van der Waals surface area contributed by atoms with E-state index in [0.717, 1.165) is 10.5 Å². The molecule has 10 N–H and O–H groups in total. The lowest BCUT2D eigenvalue weighted by atomic mass is 10.1. The topological polar surface area (TPSA) is 253 Å². The fourth-order valence-corrected chi connectivity index (χ4v) is 4.14. The van der Waals surface area contributed by atoms with Crippen LogP contribution in [-0.2, 0) is 35.3 Å². The van der Waals surface area contributed by atoms with Gasteiger partial charge in [0.15, 0.2) is 5.96 Å². The normalized spacial score (nSPS) is 16.4. The molecule has 3 amide bonds. The second-order valence-corrected chi connectivity index (χ2v) is 9.30. The molecule has 1 fully saturated rings. The van der Waals surface area contributed by atoms with Gasteiger partial charge in [-0.2, -0.15) is 0 Å². The molecule has 1 aromatic carbocycles. The van der Waals surface area contributed by atoms with Crippen LogP contribution in [0.25, 0.3) is 0 Å². The van der Waals surface area contributed by atoms with Crippen molar-refractivity contribution in [2.45, 2.75) is 62.9 Å². The number of halogens is 1. The lowest BCUT2D eigenvalue weighted by Crippen LogP contribution is -2.57. The van der Waals surface area contributed by atoms with Crippen molar-refractivity contribution in [2.24, 2.45) is 22.2 Å². The Morgan fingerprint density at radius 3 is 2.37 bits per heavy atom. The predicted octanol–water partition coefficient (Wildman–Crippen LogP) is -1.47. The van der Waals surface area contributed by atoms with Gasteiger partial charge in [0.25, 0.3) is 0 Å². The van der Waals surface area contributed by atoms with Crippen LogP contribution in [0.2, 0.25) is 0 Å². The molecule has 1 heterocycles. The van der Waals surface area contributed by atoms with Crippen molar-refractivity contribution in [1.82, 2.24) is 15.5 Å². The van der Waals surface area contributed by atoms with Crippen molar-refractivity contribution >= 4 is 48.0 Å². The van der Waals surface area contributed by atoms with Gasteiger partial charge in [0.05, 0.1) is 19.6 Å². The van der Waals surface area contributed by atoms with Crippen molar-refractivity contribution in [3.63, 3.8) is 0 Å². The third-order valence-electron chi connectivity index (χ3n) is 6.14. The van der Waals surface area contributed by atoms with Crippen LogP contribution in [-0.4, -0.2) is 94.6 Å². The highest BCUT2D eigenvalue weighted by Crippen LogP contribution is 2.20. The summed E-state index contributed by atoms with van der Waals surface area (Å²) in [5.41, 5.74) is 17.3. The Morgan fingerprint density at radius 2 is 1.76 bits per heavy atom. The molecule has 0 bridgehead atoms. The molecule has 0 spiro atoms.